The molecule has 4 heterocycles. The fourth-order valence-corrected chi connectivity index (χ4v) is 8.36. The van der Waals surface area contributed by atoms with Crippen LogP contribution < -0.4 is 0 Å². The fourth-order valence-electron chi connectivity index (χ4n) is 8.36. The summed E-state index contributed by atoms with van der Waals surface area (Å²) in [6, 6.07) is 62.6. The summed E-state index contributed by atoms with van der Waals surface area (Å²) < 4.78 is 15.6. The Hall–Kier alpha value is -7.83. The third kappa shape index (κ3) is 5.01. The second kappa shape index (κ2) is 12.3. The predicted molar refractivity (Wildman–Crippen MR) is 230 cm³/mol. The van der Waals surface area contributed by atoms with E-state index in [1.54, 1.807) is 0 Å². The SMILES string of the molecule is c1ccc(-c2cccc(-c3nc(-c4ccccc4)nc(-c4ccc5c(c4)oc4cc(-n6c7ccccc7c7ccc8c9ccccc9oc8c76)ccc45)n3)c2)cc1. The average Bonchev–Trinajstić information content (AvgIpc) is 3.96. The van der Waals surface area contributed by atoms with Crippen molar-refractivity contribution >= 4 is 65.7 Å². The molecule has 0 aliphatic rings. The van der Waals surface area contributed by atoms with Gasteiger partial charge in [-0.2, -0.15) is 0 Å². The van der Waals surface area contributed by atoms with E-state index in [4.69, 9.17) is 23.8 Å². The van der Waals surface area contributed by atoms with Gasteiger partial charge in [0.2, 0.25) is 0 Å². The van der Waals surface area contributed by atoms with Gasteiger partial charge in [-0.3, -0.25) is 0 Å². The highest BCUT2D eigenvalue weighted by molar-refractivity contribution is 6.21. The van der Waals surface area contributed by atoms with Gasteiger partial charge in [-0.15, -0.1) is 0 Å². The Morgan fingerprint density at radius 1 is 0.333 bits per heavy atom. The molecule has 0 N–H and O–H groups in total. The van der Waals surface area contributed by atoms with E-state index < -0.39 is 0 Å². The highest BCUT2D eigenvalue weighted by Gasteiger charge is 2.20. The van der Waals surface area contributed by atoms with Gasteiger partial charge in [0.1, 0.15) is 16.7 Å². The van der Waals surface area contributed by atoms with Gasteiger partial charge in [-0.25, -0.2) is 15.0 Å². The lowest BCUT2D eigenvalue weighted by Crippen LogP contribution is -2.00. The lowest BCUT2D eigenvalue weighted by molar-refractivity contribution is 0.668. The number of nitrogens with zero attached hydrogens (tertiary/aromatic N) is 4. The summed E-state index contributed by atoms with van der Waals surface area (Å²) in [5, 5.41) is 6.58. The lowest BCUT2D eigenvalue weighted by Gasteiger charge is -2.09. The van der Waals surface area contributed by atoms with Crippen LogP contribution in [0.5, 0.6) is 0 Å². The van der Waals surface area contributed by atoms with Crippen LogP contribution in [0.3, 0.4) is 0 Å². The van der Waals surface area contributed by atoms with E-state index in [1.165, 1.54) is 5.39 Å². The van der Waals surface area contributed by atoms with Crippen molar-refractivity contribution in [3.63, 3.8) is 0 Å². The molecule has 0 atom stereocenters. The Bertz CT molecular complexity index is 3530. The Morgan fingerprint density at radius 3 is 1.70 bits per heavy atom. The molecule has 6 nitrogen and oxygen atoms in total. The first-order valence-corrected chi connectivity index (χ1v) is 19.0. The highest BCUT2D eigenvalue weighted by atomic mass is 16.3. The molecule has 0 spiro atoms. The van der Waals surface area contributed by atoms with E-state index in [-0.39, 0.29) is 0 Å². The third-order valence-electron chi connectivity index (χ3n) is 11.0. The first kappa shape index (κ1) is 31.5. The molecule has 6 heteroatoms. The molecule has 0 saturated heterocycles. The lowest BCUT2D eigenvalue weighted by atomic mass is 10.0. The van der Waals surface area contributed by atoms with E-state index in [2.05, 4.69) is 132 Å². The fraction of sp³-hybridized carbons (Fsp3) is 0. The van der Waals surface area contributed by atoms with Gasteiger partial charge in [0.05, 0.1) is 16.7 Å². The number of benzene rings is 8. The summed E-state index contributed by atoms with van der Waals surface area (Å²) in [6.07, 6.45) is 0. The van der Waals surface area contributed by atoms with Gasteiger partial charge < -0.3 is 13.4 Å². The largest absolute Gasteiger partial charge is 0.456 e. The van der Waals surface area contributed by atoms with Crippen LogP contribution in [0.2, 0.25) is 0 Å². The molecule has 8 aromatic carbocycles. The molecule has 12 rings (SSSR count). The normalized spacial score (nSPS) is 11.9. The number of hydrogen-bond donors (Lipinski definition) is 0. The third-order valence-corrected chi connectivity index (χ3v) is 11.0. The maximum absolute atomic E-state index is 6.70. The van der Waals surface area contributed by atoms with Crippen LogP contribution in [-0.4, -0.2) is 19.5 Å². The van der Waals surface area contributed by atoms with Crippen molar-refractivity contribution in [3.8, 4) is 51.0 Å². The summed E-state index contributed by atoms with van der Waals surface area (Å²) in [6.45, 7) is 0. The molecule has 4 aromatic heterocycles. The van der Waals surface area contributed by atoms with Crippen molar-refractivity contribution in [2.45, 2.75) is 0 Å². The molecule has 266 valence electrons. The van der Waals surface area contributed by atoms with E-state index in [9.17, 15) is 0 Å². The molecule has 0 unspecified atom stereocenters. The topological polar surface area (TPSA) is 69.9 Å². The van der Waals surface area contributed by atoms with Crippen LogP contribution in [-0.2, 0) is 0 Å². The van der Waals surface area contributed by atoms with Crippen LogP contribution >= 0.6 is 0 Å². The summed E-state index contributed by atoms with van der Waals surface area (Å²) >= 11 is 0. The molecule has 57 heavy (non-hydrogen) atoms. The maximum Gasteiger partial charge on any atom is 0.164 e. The zero-order chi connectivity index (χ0) is 37.5. The summed E-state index contributed by atoms with van der Waals surface area (Å²) in [4.78, 5) is 15.1. The zero-order valence-corrected chi connectivity index (χ0v) is 30.4. The smallest absolute Gasteiger partial charge is 0.164 e. The van der Waals surface area contributed by atoms with E-state index in [1.807, 2.05) is 54.6 Å². The van der Waals surface area contributed by atoms with Crippen LogP contribution in [0.1, 0.15) is 0 Å². The Labute approximate surface area is 325 Å². The van der Waals surface area contributed by atoms with Crippen LogP contribution in [0.25, 0.3) is 117 Å². The second-order valence-corrected chi connectivity index (χ2v) is 14.4. The van der Waals surface area contributed by atoms with Crippen molar-refractivity contribution in [1.82, 2.24) is 19.5 Å². The number of rotatable bonds is 5. The van der Waals surface area contributed by atoms with E-state index in [0.29, 0.717) is 17.5 Å². The summed E-state index contributed by atoms with van der Waals surface area (Å²) in [5.41, 5.74) is 11.4. The first-order valence-electron chi connectivity index (χ1n) is 19.0. The molecule has 0 saturated carbocycles. The monoisotopic (exact) mass is 730 g/mol. The molecule has 0 aliphatic carbocycles. The molecular weight excluding hydrogens is 701 g/mol. The Balaban J connectivity index is 1.01. The van der Waals surface area contributed by atoms with Gasteiger partial charge in [0, 0.05) is 55.1 Å². The standard InChI is InChI=1S/C51H30N4O2/c1-3-12-31(13-4-1)33-16-11-17-34(28-33)50-52-49(32-14-5-2-6-15-32)53-51(54-50)35-22-24-39-40-25-23-36(30-46(40)56-45(39)29-35)55-43-20-9-7-18-37(43)41-26-27-42-38-19-8-10-21-44(38)57-48(42)47(41)55/h1-30H. The molecular formula is C51H30N4O2. The van der Waals surface area contributed by atoms with Gasteiger partial charge in [-0.1, -0.05) is 127 Å². The van der Waals surface area contributed by atoms with Gasteiger partial charge in [0.15, 0.2) is 23.1 Å². The van der Waals surface area contributed by atoms with Crippen molar-refractivity contribution in [1.29, 1.82) is 0 Å². The summed E-state index contributed by atoms with van der Waals surface area (Å²) in [7, 11) is 0. The number of fused-ring (bicyclic) bond motifs is 10. The number of aromatic nitrogens is 4. The van der Waals surface area contributed by atoms with Crippen LogP contribution in [0.15, 0.2) is 191 Å². The number of hydrogen-bond acceptors (Lipinski definition) is 5. The van der Waals surface area contributed by atoms with E-state index in [0.717, 1.165) is 93.8 Å². The minimum atomic E-state index is 0.576. The predicted octanol–water partition coefficient (Wildman–Crippen LogP) is 13.4. The molecule has 12 aromatic rings. The molecule has 0 bridgehead atoms. The van der Waals surface area contributed by atoms with Crippen molar-refractivity contribution < 1.29 is 8.83 Å². The first-order chi connectivity index (χ1) is 28.2. The maximum atomic E-state index is 6.70. The van der Waals surface area contributed by atoms with Crippen LogP contribution in [0, 0.1) is 0 Å². The quantitative estimate of drug-likeness (QED) is 0.176. The highest BCUT2D eigenvalue weighted by Crippen LogP contribution is 2.41. The van der Waals surface area contributed by atoms with E-state index >= 15 is 0 Å². The molecule has 0 fully saturated rings. The molecule has 0 amide bonds. The van der Waals surface area contributed by atoms with Gasteiger partial charge in [-0.05, 0) is 59.7 Å². The number of para-hydroxylation sites is 2. The minimum Gasteiger partial charge on any atom is -0.456 e. The molecule has 0 radical (unpaired) electrons. The average molecular weight is 731 g/mol. The minimum absolute atomic E-state index is 0.576. The van der Waals surface area contributed by atoms with Gasteiger partial charge >= 0.3 is 0 Å². The number of furan rings is 2. The Kier molecular flexibility index (Phi) is 6.83. The van der Waals surface area contributed by atoms with Gasteiger partial charge in [0.25, 0.3) is 0 Å². The van der Waals surface area contributed by atoms with Crippen molar-refractivity contribution in [3.05, 3.63) is 182 Å². The second-order valence-electron chi connectivity index (χ2n) is 14.4. The van der Waals surface area contributed by atoms with Crippen LogP contribution in [0.4, 0.5) is 0 Å². The van der Waals surface area contributed by atoms with Crippen molar-refractivity contribution in [2.75, 3.05) is 0 Å². The van der Waals surface area contributed by atoms with Crippen molar-refractivity contribution in [2.24, 2.45) is 0 Å². The molecule has 0 aliphatic heterocycles. The zero-order valence-electron chi connectivity index (χ0n) is 30.4. The summed E-state index contributed by atoms with van der Waals surface area (Å²) in [5.74, 6) is 1.79. The Morgan fingerprint density at radius 2 is 0.895 bits per heavy atom.